The van der Waals surface area contributed by atoms with Crippen LogP contribution in [0, 0.1) is 35.3 Å². The maximum absolute atomic E-state index is 14.9. The molecule has 2 aromatic carbocycles. The number of hydrogen-bond donors (Lipinski definition) is 1. The number of nitrogens with zero attached hydrogens (tertiary/aromatic N) is 2. The number of primary sulfonamides is 1. The van der Waals surface area contributed by atoms with E-state index in [0.717, 1.165) is 36.2 Å². The molecule has 4 aromatic rings. The van der Waals surface area contributed by atoms with Crippen molar-refractivity contribution in [2.75, 3.05) is 6.61 Å². The normalized spacial score (nSPS) is 16.0. The van der Waals surface area contributed by atoms with Gasteiger partial charge in [-0.25, -0.2) is 40.9 Å². The summed E-state index contributed by atoms with van der Waals surface area (Å²) >= 11 is 1.27. The third kappa shape index (κ3) is 6.89. The van der Waals surface area contributed by atoms with Crippen LogP contribution in [0.3, 0.4) is 0 Å². The van der Waals surface area contributed by atoms with Crippen molar-refractivity contribution < 1.29 is 35.5 Å². The molecule has 0 saturated heterocycles. The highest BCUT2D eigenvalue weighted by Crippen LogP contribution is 2.43. The van der Waals surface area contributed by atoms with Gasteiger partial charge in [0.1, 0.15) is 21.5 Å². The van der Waals surface area contributed by atoms with Gasteiger partial charge in [0.2, 0.25) is 10.0 Å². The van der Waals surface area contributed by atoms with E-state index in [1.54, 1.807) is 24.4 Å². The number of nitrogens with two attached hydrogens (primary N) is 1. The van der Waals surface area contributed by atoms with Crippen LogP contribution in [0.1, 0.15) is 59.9 Å². The molecule has 0 aliphatic heterocycles. The maximum Gasteiger partial charge on any atom is 0.357 e. The first-order valence-electron chi connectivity index (χ1n) is 14.7. The molecule has 2 aliphatic carbocycles. The van der Waals surface area contributed by atoms with Crippen LogP contribution in [0.15, 0.2) is 52.7 Å². The van der Waals surface area contributed by atoms with E-state index in [1.165, 1.54) is 23.5 Å². The van der Waals surface area contributed by atoms with Crippen LogP contribution < -0.4 is 5.14 Å². The van der Waals surface area contributed by atoms with E-state index >= 15 is 0 Å². The van der Waals surface area contributed by atoms with E-state index < -0.39 is 44.4 Å². The first-order valence-corrected chi connectivity index (χ1v) is 17.1. The molecule has 46 heavy (non-hydrogen) atoms. The van der Waals surface area contributed by atoms with Gasteiger partial charge in [0.15, 0.2) is 5.69 Å². The van der Waals surface area contributed by atoms with E-state index in [9.17, 15) is 30.8 Å². The van der Waals surface area contributed by atoms with Crippen LogP contribution in [-0.4, -0.2) is 36.5 Å². The summed E-state index contributed by atoms with van der Waals surface area (Å²) in [4.78, 5) is 16.3. The molecule has 2 saturated carbocycles. The van der Waals surface area contributed by atoms with E-state index in [2.05, 4.69) is 16.8 Å². The van der Waals surface area contributed by atoms with Crippen LogP contribution in [0.2, 0.25) is 0 Å². The molecule has 13 heteroatoms. The van der Waals surface area contributed by atoms with Gasteiger partial charge in [0.25, 0.3) is 5.92 Å². The Kier molecular flexibility index (Phi) is 8.56. The molecule has 0 spiro atoms. The van der Waals surface area contributed by atoms with Crippen molar-refractivity contribution in [2.45, 2.75) is 56.4 Å². The number of carbonyl (C=O) groups is 1. The van der Waals surface area contributed by atoms with Gasteiger partial charge in [0.05, 0.1) is 12.2 Å². The third-order valence-corrected chi connectivity index (χ3v) is 9.83. The Bertz CT molecular complexity index is 2000. The second-order valence-corrected chi connectivity index (χ2v) is 14.0. The van der Waals surface area contributed by atoms with Gasteiger partial charge in [-0.1, -0.05) is 17.9 Å². The number of benzene rings is 2. The van der Waals surface area contributed by atoms with Gasteiger partial charge in [-0.15, -0.1) is 11.3 Å². The molecule has 0 radical (unpaired) electrons. The minimum atomic E-state index is -4.27. The smallest absolute Gasteiger partial charge is 0.357 e. The molecular weight excluding hydrogens is 643 g/mol. The van der Waals surface area contributed by atoms with Crippen molar-refractivity contribution in [2.24, 2.45) is 17.0 Å². The number of esters is 1. The summed E-state index contributed by atoms with van der Waals surface area (Å²) in [7, 11) is -4.27. The third-order valence-electron chi connectivity index (χ3n) is 8.01. The van der Waals surface area contributed by atoms with Crippen molar-refractivity contribution >= 4 is 27.3 Å². The fourth-order valence-corrected chi connectivity index (χ4v) is 6.90. The molecule has 2 N–H and O–H groups in total. The van der Waals surface area contributed by atoms with E-state index in [0.29, 0.717) is 34.2 Å². The van der Waals surface area contributed by atoms with Crippen LogP contribution in [-0.2, 0) is 27.7 Å². The molecule has 0 atom stereocenters. The number of hydrogen-bond acceptors (Lipinski definition) is 6. The molecule has 2 aromatic heterocycles. The molecule has 2 fully saturated rings. The fourth-order valence-electron chi connectivity index (χ4n) is 5.48. The zero-order valence-corrected chi connectivity index (χ0v) is 26.3. The topological polar surface area (TPSA) is 104 Å². The second kappa shape index (κ2) is 12.3. The maximum atomic E-state index is 14.9. The number of ether oxygens (including phenoxy) is 1. The van der Waals surface area contributed by atoms with Gasteiger partial charge in [-0.2, -0.15) is 0 Å². The van der Waals surface area contributed by atoms with Gasteiger partial charge in [-0.05, 0) is 79.6 Å². The number of thiazole rings is 1. The van der Waals surface area contributed by atoms with Crippen molar-refractivity contribution in [1.82, 2.24) is 9.55 Å². The van der Waals surface area contributed by atoms with E-state index in [4.69, 9.17) is 9.88 Å². The summed E-state index contributed by atoms with van der Waals surface area (Å²) in [6, 6.07) is 9.96. The molecule has 2 heterocycles. The number of rotatable bonds is 9. The van der Waals surface area contributed by atoms with Crippen LogP contribution in [0.25, 0.3) is 21.8 Å². The number of halogens is 4. The Morgan fingerprint density at radius 3 is 2.54 bits per heavy atom. The molecule has 6 rings (SSSR count). The summed E-state index contributed by atoms with van der Waals surface area (Å²) in [5, 5.41) is 7.33. The van der Waals surface area contributed by atoms with Gasteiger partial charge in [-0.3, -0.25) is 0 Å². The standard InChI is InChI=1S/C33H29F4N3O4S2/c1-2-44-32(41)27-18-45-31(39-27)24-14-28(23-8-9-25(34)22(13-23)7-5-21-15-33(36,37)16-21)40(29(24)12-19-3-4-19)17-20-6-10-30(26(35)11-20)46(38,42)43/h6,8-11,13-14,18-19,21H,2-4,12,15-17H2,1H3,(H2,38,42,43). The summed E-state index contributed by atoms with van der Waals surface area (Å²) < 4.78 is 87.2. The highest BCUT2D eigenvalue weighted by molar-refractivity contribution is 7.89. The predicted molar refractivity (Wildman–Crippen MR) is 165 cm³/mol. The minimum Gasteiger partial charge on any atom is -0.461 e. The van der Waals surface area contributed by atoms with Crippen LogP contribution in [0.5, 0.6) is 0 Å². The predicted octanol–water partition coefficient (Wildman–Crippen LogP) is 6.78. The Morgan fingerprint density at radius 1 is 1.13 bits per heavy atom. The second-order valence-electron chi connectivity index (χ2n) is 11.6. The summed E-state index contributed by atoms with van der Waals surface area (Å²) in [5.74, 6) is 0.480. The van der Waals surface area contributed by atoms with Crippen LogP contribution >= 0.6 is 11.3 Å². The van der Waals surface area contributed by atoms with Crippen LogP contribution in [0.4, 0.5) is 17.6 Å². The van der Waals surface area contributed by atoms with Crippen molar-refractivity contribution in [3.63, 3.8) is 0 Å². The number of sulfonamides is 1. The lowest BCUT2D eigenvalue weighted by Gasteiger charge is -2.31. The lowest BCUT2D eigenvalue weighted by Crippen LogP contribution is -2.34. The summed E-state index contributed by atoms with van der Waals surface area (Å²) in [6.07, 6.45) is 1.95. The van der Waals surface area contributed by atoms with Crippen molar-refractivity contribution in [3.05, 3.63) is 82.0 Å². The Balaban J connectivity index is 1.47. The highest BCUT2D eigenvalue weighted by Gasteiger charge is 2.44. The summed E-state index contributed by atoms with van der Waals surface area (Å²) in [6.45, 7) is 2.01. The monoisotopic (exact) mass is 671 g/mol. The first-order chi connectivity index (χ1) is 21.8. The number of aromatic nitrogens is 2. The fraction of sp³-hybridized carbons (Fsp3) is 0.333. The largest absolute Gasteiger partial charge is 0.461 e. The molecule has 0 bridgehead atoms. The lowest BCUT2D eigenvalue weighted by atomic mass is 9.82. The summed E-state index contributed by atoms with van der Waals surface area (Å²) in [5.41, 5.74) is 3.43. The Labute approximate surface area is 267 Å². The van der Waals surface area contributed by atoms with Crippen molar-refractivity contribution in [1.29, 1.82) is 0 Å². The molecule has 0 amide bonds. The number of carbonyl (C=O) groups excluding carboxylic acids is 1. The number of alkyl halides is 2. The minimum absolute atomic E-state index is 0.0492. The van der Waals surface area contributed by atoms with E-state index in [1.807, 2.05) is 10.6 Å². The first kappa shape index (κ1) is 32.0. The molecule has 7 nitrogen and oxygen atoms in total. The van der Waals surface area contributed by atoms with E-state index in [-0.39, 0.29) is 37.3 Å². The molecule has 2 aliphatic rings. The van der Waals surface area contributed by atoms with Gasteiger partial charge < -0.3 is 9.30 Å². The zero-order chi connectivity index (χ0) is 32.8. The molecular formula is C33H29F4N3O4S2. The SMILES string of the molecule is CCOC(=O)c1csc(-c2cc(-c3ccc(F)c(C#CC4CC(F)(F)C4)c3)n(Cc3ccc(S(N)(=O)=O)c(F)c3)c2CC2CC2)n1. The Hall–Kier alpha value is -3.99. The Morgan fingerprint density at radius 2 is 1.89 bits per heavy atom. The quantitative estimate of drug-likeness (QED) is 0.120. The van der Waals surface area contributed by atoms with Crippen molar-refractivity contribution in [3.8, 4) is 33.7 Å². The molecule has 240 valence electrons. The zero-order valence-electron chi connectivity index (χ0n) is 24.7. The molecule has 0 unspecified atom stereocenters. The van der Waals surface area contributed by atoms with Gasteiger partial charge in [0, 0.05) is 47.6 Å². The lowest BCUT2D eigenvalue weighted by molar-refractivity contribution is -0.0936. The highest BCUT2D eigenvalue weighted by atomic mass is 32.2. The van der Waals surface area contributed by atoms with Gasteiger partial charge >= 0.3 is 5.97 Å². The average molecular weight is 672 g/mol. The average Bonchev–Trinajstić information content (AvgIpc) is 3.53.